The van der Waals surface area contributed by atoms with Gasteiger partial charge < -0.3 is 5.11 Å². The molecule has 6 aliphatic rings. The molecule has 122 valence electrons. The van der Waals surface area contributed by atoms with Crippen LogP contribution in [0.1, 0.15) is 51.4 Å². The Morgan fingerprint density at radius 2 is 1.87 bits per heavy atom. The van der Waals surface area contributed by atoms with E-state index < -0.39 is 11.0 Å². The smallest absolute Gasteiger partial charge is 0.301 e. The first-order chi connectivity index (χ1) is 10.9. The van der Waals surface area contributed by atoms with Gasteiger partial charge in [-0.25, -0.2) is 6.57 Å². The van der Waals surface area contributed by atoms with Crippen molar-refractivity contribution in [2.75, 3.05) is 0 Å². The van der Waals surface area contributed by atoms with Gasteiger partial charge in [0, 0.05) is 17.9 Å². The number of nitrogens with one attached hydrogen (secondary N) is 1. The lowest BCUT2D eigenvalue weighted by Crippen LogP contribution is -2.60. The molecule has 0 aromatic rings. The van der Waals surface area contributed by atoms with E-state index in [2.05, 4.69) is 4.85 Å². The van der Waals surface area contributed by atoms with E-state index in [0.29, 0.717) is 24.2 Å². The predicted molar refractivity (Wildman–Crippen MR) is 83.5 cm³/mol. The molecule has 6 rings (SSSR count). The molecule has 0 aromatic heterocycles. The lowest BCUT2D eigenvalue weighted by Gasteiger charge is -2.60. The Bertz CT molecular complexity index is 637. The molecule has 0 aromatic carbocycles. The van der Waals surface area contributed by atoms with E-state index in [1.165, 1.54) is 0 Å². The average Bonchev–Trinajstić information content (AvgIpc) is 3.14. The van der Waals surface area contributed by atoms with Crippen LogP contribution in [0, 0.1) is 35.2 Å². The minimum absolute atomic E-state index is 0.200. The number of nitrogens with zero attached hydrogens (tertiary/aromatic N) is 2. The van der Waals surface area contributed by atoms with Gasteiger partial charge in [-0.1, -0.05) is 0 Å². The number of carbonyl (C=O) groups is 1. The molecule has 5 aliphatic carbocycles. The van der Waals surface area contributed by atoms with Crippen molar-refractivity contribution in [1.82, 2.24) is 4.90 Å². The van der Waals surface area contributed by atoms with E-state index in [4.69, 9.17) is 12.0 Å². The van der Waals surface area contributed by atoms with Crippen molar-refractivity contribution >= 4 is 11.6 Å². The number of piperidine rings is 1. The lowest BCUT2D eigenvalue weighted by atomic mass is 9.46. The fourth-order valence-corrected chi connectivity index (χ4v) is 6.69. The number of aliphatic hydroxyl groups is 1. The van der Waals surface area contributed by atoms with Gasteiger partial charge in [-0.2, -0.15) is 0 Å². The van der Waals surface area contributed by atoms with Crippen LogP contribution in [0.25, 0.3) is 4.85 Å². The quantitative estimate of drug-likeness (QED) is 0.606. The van der Waals surface area contributed by atoms with Gasteiger partial charge in [0.2, 0.25) is 0 Å². The van der Waals surface area contributed by atoms with Gasteiger partial charge in [-0.05, 0) is 62.7 Å². The third-order valence-electron chi connectivity index (χ3n) is 7.24. The summed E-state index contributed by atoms with van der Waals surface area (Å²) >= 11 is 0. The van der Waals surface area contributed by atoms with Crippen LogP contribution in [-0.2, 0) is 4.79 Å². The molecule has 5 nitrogen and oxygen atoms in total. The van der Waals surface area contributed by atoms with Crippen LogP contribution in [0.4, 0.5) is 0 Å². The van der Waals surface area contributed by atoms with Crippen molar-refractivity contribution in [3.8, 4) is 0 Å². The zero-order valence-corrected chi connectivity index (χ0v) is 13.3. The molecular formula is C18H23N3O2. The lowest BCUT2D eigenvalue weighted by molar-refractivity contribution is -0.145. The van der Waals surface area contributed by atoms with Crippen molar-refractivity contribution in [3.63, 3.8) is 0 Å². The number of hydrogen-bond donors (Lipinski definition) is 2. The average molecular weight is 313 g/mol. The third kappa shape index (κ3) is 1.82. The Morgan fingerprint density at radius 1 is 1.17 bits per heavy atom. The number of amides is 1. The minimum atomic E-state index is -0.650. The Kier molecular flexibility index (Phi) is 2.53. The van der Waals surface area contributed by atoms with Crippen LogP contribution in [0.2, 0.25) is 0 Å². The summed E-state index contributed by atoms with van der Waals surface area (Å²) in [5, 5.41) is 19.5. The van der Waals surface area contributed by atoms with Crippen molar-refractivity contribution in [2.45, 2.75) is 69.2 Å². The SMILES string of the molecule is [C-]#[N+]C1CC2CC2N1C(=O)C(=N)C12CC3CC(CC(O)(C3)C1)C2. The van der Waals surface area contributed by atoms with Gasteiger partial charge in [0.15, 0.2) is 0 Å². The van der Waals surface area contributed by atoms with E-state index in [9.17, 15) is 9.90 Å². The highest BCUT2D eigenvalue weighted by atomic mass is 16.3. The minimum Gasteiger partial charge on any atom is -0.390 e. The Balaban J connectivity index is 1.44. The molecule has 1 saturated heterocycles. The number of carbonyl (C=O) groups excluding carboxylic acids is 1. The molecule has 5 unspecified atom stereocenters. The van der Waals surface area contributed by atoms with Gasteiger partial charge >= 0.3 is 6.17 Å². The van der Waals surface area contributed by atoms with Gasteiger partial charge in [-0.15, -0.1) is 0 Å². The normalized spacial score (nSPS) is 52.2. The number of rotatable bonds is 2. The fraction of sp³-hybridized carbons (Fsp3) is 0.833. The highest BCUT2D eigenvalue weighted by Crippen LogP contribution is 2.62. The molecule has 0 radical (unpaired) electrons. The van der Waals surface area contributed by atoms with Crippen LogP contribution in [-0.4, -0.2) is 39.4 Å². The molecule has 6 fully saturated rings. The highest BCUT2D eigenvalue weighted by Gasteiger charge is 2.63. The molecule has 1 aliphatic heterocycles. The Morgan fingerprint density at radius 3 is 2.48 bits per heavy atom. The molecule has 5 atom stereocenters. The van der Waals surface area contributed by atoms with Crippen LogP contribution in [0.15, 0.2) is 0 Å². The van der Waals surface area contributed by atoms with Crippen LogP contribution < -0.4 is 0 Å². The van der Waals surface area contributed by atoms with Crippen LogP contribution in [0.5, 0.6) is 0 Å². The number of fused-ring (bicyclic) bond motifs is 1. The molecule has 5 saturated carbocycles. The molecule has 1 heterocycles. The summed E-state index contributed by atoms with van der Waals surface area (Å²) in [5.74, 6) is 1.23. The molecule has 5 heteroatoms. The first kappa shape index (κ1) is 14.0. The second kappa shape index (κ2) is 4.16. The number of hydrogen-bond acceptors (Lipinski definition) is 3. The van der Waals surface area contributed by atoms with Crippen molar-refractivity contribution in [2.24, 2.45) is 23.2 Å². The monoisotopic (exact) mass is 313 g/mol. The van der Waals surface area contributed by atoms with E-state index in [1.54, 1.807) is 4.90 Å². The summed E-state index contributed by atoms with van der Waals surface area (Å²) in [5.41, 5.74) is -0.871. The first-order valence-electron chi connectivity index (χ1n) is 8.94. The maximum absolute atomic E-state index is 13.0. The van der Waals surface area contributed by atoms with Crippen LogP contribution >= 0.6 is 0 Å². The van der Waals surface area contributed by atoms with E-state index >= 15 is 0 Å². The zero-order chi connectivity index (χ0) is 16.0. The van der Waals surface area contributed by atoms with E-state index in [-0.39, 0.29) is 23.8 Å². The molecule has 2 N–H and O–H groups in total. The predicted octanol–water partition coefficient (Wildman–Crippen LogP) is 2.20. The van der Waals surface area contributed by atoms with Crippen LogP contribution in [0.3, 0.4) is 0 Å². The summed E-state index contributed by atoms with van der Waals surface area (Å²) in [6, 6.07) is 0.207. The molecular weight excluding hydrogens is 290 g/mol. The summed E-state index contributed by atoms with van der Waals surface area (Å²) in [6.45, 7) is 7.35. The maximum Gasteiger partial charge on any atom is 0.301 e. The van der Waals surface area contributed by atoms with E-state index in [0.717, 1.165) is 44.9 Å². The van der Waals surface area contributed by atoms with Crippen molar-refractivity contribution < 1.29 is 9.90 Å². The molecule has 4 bridgehead atoms. The summed E-state index contributed by atoms with van der Waals surface area (Å²) < 4.78 is 0. The first-order valence-corrected chi connectivity index (χ1v) is 8.94. The van der Waals surface area contributed by atoms with E-state index in [1.807, 2.05) is 0 Å². The molecule has 23 heavy (non-hydrogen) atoms. The van der Waals surface area contributed by atoms with Gasteiger partial charge in [0.05, 0.1) is 5.60 Å². The standard InChI is InChI=1S/C18H23N3O2/c1-20-14-4-12-3-13(12)21(14)16(22)15(19)17-5-10-2-11(6-17)8-18(23,7-10)9-17/h10-14,19,23H,2-9H2. The van der Waals surface area contributed by atoms with Gasteiger partial charge in [-0.3, -0.25) is 19.9 Å². The zero-order valence-electron chi connectivity index (χ0n) is 13.3. The number of likely N-dealkylation sites (tertiary alicyclic amines) is 1. The molecule has 0 spiro atoms. The second-order valence-corrected chi connectivity index (χ2v) is 8.96. The third-order valence-corrected chi connectivity index (χ3v) is 7.24. The summed E-state index contributed by atoms with van der Waals surface area (Å²) in [6.07, 6.45) is 6.67. The van der Waals surface area contributed by atoms with Gasteiger partial charge in [0.25, 0.3) is 5.91 Å². The van der Waals surface area contributed by atoms with Crippen molar-refractivity contribution in [1.29, 1.82) is 5.41 Å². The van der Waals surface area contributed by atoms with Gasteiger partial charge in [0.1, 0.15) is 5.71 Å². The second-order valence-electron chi connectivity index (χ2n) is 8.96. The maximum atomic E-state index is 13.0. The topological polar surface area (TPSA) is 68.8 Å². The summed E-state index contributed by atoms with van der Waals surface area (Å²) in [4.78, 5) is 18.4. The van der Waals surface area contributed by atoms with Crippen molar-refractivity contribution in [3.05, 3.63) is 11.4 Å². The largest absolute Gasteiger partial charge is 0.390 e. The highest BCUT2D eigenvalue weighted by molar-refractivity contribution is 6.39. The summed E-state index contributed by atoms with van der Waals surface area (Å²) in [7, 11) is 0. The molecule has 1 amide bonds. The Labute approximate surface area is 136 Å². The fourth-order valence-electron chi connectivity index (χ4n) is 6.69. The Hall–Kier alpha value is -1.41.